The normalized spacial score (nSPS) is 11.8. The molecular weight excluding hydrogens is 393 g/mol. The van der Waals surface area contributed by atoms with Crippen LogP contribution in [0.25, 0.3) is 33.3 Å². The maximum atomic E-state index is 13.5. The molecule has 2 N–H and O–H groups in total. The number of halogens is 3. The fourth-order valence-electron chi connectivity index (χ4n) is 3.28. The van der Waals surface area contributed by atoms with Crippen molar-refractivity contribution in [1.82, 2.24) is 25.1 Å². The molecule has 0 saturated heterocycles. The van der Waals surface area contributed by atoms with Crippen LogP contribution in [0.2, 0.25) is 0 Å². The molecule has 5 aromatic rings. The molecule has 9 heteroatoms. The van der Waals surface area contributed by atoms with Crippen LogP contribution in [0.3, 0.4) is 0 Å². The van der Waals surface area contributed by atoms with E-state index in [1.165, 1.54) is 18.2 Å². The summed E-state index contributed by atoms with van der Waals surface area (Å²) in [6, 6.07) is 16.0. The van der Waals surface area contributed by atoms with Crippen molar-refractivity contribution >= 4 is 33.6 Å². The first-order valence-electron chi connectivity index (χ1n) is 9.00. The Morgan fingerprint density at radius 3 is 2.47 bits per heavy atom. The van der Waals surface area contributed by atoms with Crippen LogP contribution in [0, 0.1) is 0 Å². The number of H-pyrrole nitrogens is 1. The van der Waals surface area contributed by atoms with Crippen molar-refractivity contribution in [2.24, 2.45) is 0 Å². The highest BCUT2D eigenvalue weighted by molar-refractivity contribution is 5.96. The van der Waals surface area contributed by atoms with Crippen LogP contribution in [0.15, 0.2) is 66.9 Å². The van der Waals surface area contributed by atoms with Crippen LogP contribution < -0.4 is 5.32 Å². The summed E-state index contributed by atoms with van der Waals surface area (Å²) in [4.78, 5) is 13.0. The van der Waals surface area contributed by atoms with Gasteiger partial charge in [0, 0.05) is 17.1 Å². The van der Waals surface area contributed by atoms with E-state index in [2.05, 4.69) is 30.5 Å². The van der Waals surface area contributed by atoms with Gasteiger partial charge in [-0.15, -0.1) is 0 Å². The van der Waals surface area contributed by atoms with Crippen LogP contribution in [0.5, 0.6) is 0 Å². The van der Waals surface area contributed by atoms with Gasteiger partial charge in [-0.1, -0.05) is 30.3 Å². The number of fused-ring (bicyclic) bond motifs is 2. The molecule has 30 heavy (non-hydrogen) atoms. The topological polar surface area (TPSA) is 79.4 Å². The second kappa shape index (κ2) is 6.80. The number of nitrogens with zero attached hydrogens (tertiary/aromatic N) is 4. The predicted octanol–water partition coefficient (Wildman–Crippen LogP) is 5.33. The summed E-state index contributed by atoms with van der Waals surface area (Å²) < 4.78 is 40.6. The number of aromatic nitrogens is 5. The first kappa shape index (κ1) is 18.0. The number of anilines is 2. The number of hydrogen-bond acceptors (Lipinski definition) is 5. The number of aromatic amines is 1. The van der Waals surface area contributed by atoms with Crippen LogP contribution >= 0.6 is 0 Å². The van der Waals surface area contributed by atoms with Gasteiger partial charge in [0.25, 0.3) is 0 Å². The van der Waals surface area contributed by atoms with E-state index in [1.54, 1.807) is 30.5 Å². The SMILES string of the molecule is FC(F)(F)c1ccccc1-c1nc(Nc2[nH]nc3ncccc23)c2ccccc2n1. The van der Waals surface area contributed by atoms with Crippen LogP contribution in [-0.4, -0.2) is 25.1 Å². The summed E-state index contributed by atoms with van der Waals surface area (Å²) in [5.74, 6) is 0.880. The minimum absolute atomic E-state index is 0.0222. The minimum atomic E-state index is -4.52. The van der Waals surface area contributed by atoms with E-state index < -0.39 is 11.7 Å². The highest BCUT2D eigenvalue weighted by Crippen LogP contribution is 2.37. The molecule has 2 aromatic carbocycles. The molecule has 0 atom stereocenters. The van der Waals surface area contributed by atoms with E-state index in [0.29, 0.717) is 28.2 Å². The van der Waals surface area contributed by atoms with Crippen LogP contribution in [-0.2, 0) is 6.18 Å². The highest BCUT2D eigenvalue weighted by Gasteiger charge is 2.34. The maximum Gasteiger partial charge on any atom is 0.417 e. The number of pyridine rings is 1. The van der Waals surface area contributed by atoms with Gasteiger partial charge in [0.05, 0.1) is 16.5 Å². The van der Waals surface area contributed by atoms with Gasteiger partial charge in [-0.05, 0) is 30.3 Å². The van der Waals surface area contributed by atoms with Gasteiger partial charge in [0.2, 0.25) is 0 Å². The molecule has 0 aliphatic carbocycles. The monoisotopic (exact) mass is 406 g/mol. The fourth-order valence-corrected chi connectivity index (χ4v) is 3.28. The van der Waals surface area contributed by atoms with Crippen molar-refractivity contribution in [1.29, 1.82) is 0 Å². The average Bonchev–Trinajstić information content (AvgIpc) is 3.16. The Hall–Kier alpha value is -4.01. The van der Waals surface area contributed by atoms with Gasteiger partial charge in [-0.25, -0.2) is 15.0 Å². The molecular formula is C21H13F3N6. The van der Waals surface area contributed by atoms with Crippen molar-refractivity contribution in [3.8, 4) is 11.4 Å². The molecule has 0 bridgehead atoms. The molecule has 0 radical (unpaired) electrons. The summed E-state index contributed by atoms with van der Waals surface area (Å²) in [6.07, 6.45) is -2.90. The molecule has 0 spiro atoms. The molecule has 0 aliphatic rings. The van der Waals surface area contributed by atoms with E-state index in [-0.39, 0.29) is 11.4 Å². The van der Waals surface area contributed by atoms with Crippen LogP contribution in [0.1, 0.15) is 5.56 Å². The second-order valence-electron chi connectivity index (χ2n) is 6.55. The van der Waals surface area contributed by atoms with Gasteiger partial charge in [-0.2, -0.15) is 18.3 Å². The third-order valence-corrected chi connectivity index (χ3v) is 4.65. The molecule has 0 aliphatic heterocycles. The zero-order chi connectivity index (χ0) is 20.7. The highest BCUT2D eigenvalue weighted by atomic mass is 19.4. The molecule has 0 unspecified atom stereocenters. The zero-order valence-electron chi connectivity index (χ0n) is 15.3. The molecule has 0 amide bonds. The molecule has 0 saturated carbocycles. The van der Waals surface area contributed by atoms with Gasteiger partial charge in [0.15, 0.2) is 11.5 Å². The van der Waals surface area contributed by atoms with E-state index in [1.807, 2.05) is 12.1 Å². The van der Waals surface area contributed by atoms with Gasteiger partial charge in [-0.3, -0.25) is 5.10 Å². The molecule has 0 fully saturated rings. The number of alkyl halides is 3. The number of nitrogens with one attached hydrogen (secondary N) is 2. The Labute approximate surface area is 167 Å². The standard InChI is InChI=1S/C21H13F3N6/c22-21(23,24)15-9-3-1-6-12(15)18-26-16-10-4-2-7-13(16)19(27-18)28-20-14-8-5-11-25-17(14)29-30-20/h1-11H,(H2,25,26,27,28,29,30). The molecule has 148 valence electrons. The van der Waals surface area contributed by atoms with Gasteiger partial charge < -0.3 is 5.32 Å². The fraction of sp³-hybridized carbons (Fsp3) is 0.0476. The van der Waals surface area contributed by atoms with Crippen molar-refractivity contribution in [2.75, 3.05) is 5.32 Å². The number of rotatable bonds is 3. The summed E-state index contributed by atoms with van der Waals surface area (Å²) in [6.45, 7) is 0. The van der Waals surface area contributed by atoms with Crippen molar-refractivity contribution < 1.29 is 13.2 Å². The second-order valence-corrected chi connectivity index (χ2v) is 6.55. The quantitative estimate of drug-likeness (QED) is 0.423. The van der Waals surface area contributed by atoms with Gasteiger partial charge >= 0.3 is 6.18 Å². The van der Waals surface area contributed by atoms with E-state index in [0.717, 1.165) is 11.5 Å². The molecule has 3 heterocycles. The van der Waals surface area contributed by atoms with Crippen molar-refractivity contribution in [2.45, 2.75) is 6.18 Å². The Bertz CT molecular complexity index is 1380. The maximum absolute atomic E-state index is 13.5. The third kappa shape index (κ3) is 3.10. The summed E-state index contributed by atoms with van der Waals surface area (Å²) >= 11 is 0. The van der Waals surface area contributed by atoms with Crippen LogP contribution in [0.4, 0.5) is 24.8 Å². The lowest BCUT2D eigenvalue weighted by molar-refractivity contribution is -0.137. The lowest BCUT2D eigenvalue weighted by Gasteiger charge is -2.14. The zero-order valence-corrected chi connectivity index (χ0v) is 15.3. The smallest absolute Gasteiger partial charge is 0.324 e. The van der Waals surface area contributed by atoms with E-state index >= 15 is 0 Å². The minimum Gasteiger partial charge on any atom is -0.324 e. The molecule has 3 aromatic heterocycles. The Morgan fingerprint density at radius 2 is 1.60 bits per heavy atom. The van der Waals surface area contributed by atoms with E-state index in [9.17, 15) is 13.2 Å². The number of hydrogen-bond donors (Lipinski definition) is 2. The first-order valence-corrected chi connectivity index (χ1v) is 9.00. The Balaban J connectivity index is 1.70. The van der Waals surface area contributed by atoms with Gasteiger partial charge in [0.1, 0.15) is 11.6 Å². The van der Waals surface area contributed by atoms with Crippen molar-refractivity contribution in [3.63, 3.8) is 0 Å². The van der Waals surface area contributed by atoms with E-state index in [4.69, 9.17) is 0 Å². The first-order chi connectivity index (χ1) is 14.5. The lowest BCUT2D eigenvalue weighted by Crippen LogP contribution is -2.08. The number of benzene rings is 2. The number of para-hydroxylation sites is 1. The predicted molar refractivity (Wildman–Crippen MR) is 107 cm³/mol. The van der Waals surface area contributed by atoms with Crippen molar-refractivity contribution in [3.05, 3.63) is 72.4 Å². The average molecular weight is 406 g/mol. The third-order valence-electron chi connectivity index (χ3n) is 4.65. The largest absolute Gasteiger partial charge is 0.417 e. The summed E-state index contributed by atoms with van der Waals surface area (Å²) in [7, 11) is 0. The summed E-state index contributed by atoms with van der Waals surface area (Å²) in [5.41, 5.74) is 0.155. The Morgan fingerprint density at radius 1 is 0.833 bits per heavy atom. The molecule has 6 nitrogen and oxygen atoms in total. The Kier molecular flexibility index (Phi) is 4.09. The summed E-state index contributed by atoms with van der Waals surface area (Å²) in [5, 5.41) is 11.5. The molecule has 5 rings (SSSR count). The lowest BCUT2D eigenvalue weighted by atomic mass is 10.1.